The number of hydrogen-bond donors (Lipinski definition) is 1. The molecule has 1 fully saturated rings. The Kier molecular flexibility index (Phi) is 6.54. The molecule has 1 saturated heterocycles. The molecular weight excluding hydrogens is 368 g/mol. The van der Waals surface area contributed by atoms with Crippen LogP contribution in [-0.4, -0.2) is 42.2 Å². The molecule has 0 radical (unpaired) electrons. The maximum Gasteiger partial charge on any atom is 0.408 e. The molecule has 0 spiro atoms. The molecule has 6 nitrogen and oxygen atoms in total. The molecule has 3 rings (SSSR count). The number of hydrogen-bond acceptors (Lipinski definition) is 4. The first-order chi connectivity index (χ1) is 13.8. The maximum absolute atomic E-state index is 13.4. The lowest BCUT2D eigenvalue weighted by molar-refractivity contribution is -0.141. The molecular formula is C23H28N2O4. The van der Waals surface area contributed by atoms with Crippen LogP contribution in [0.25, 0.3) is 0 Å². The zero-order valence-electron chi connectivity index (χ0n) is 17.1. The van der Waals surface area contributed by atoms with E-state index in [1.54, 1.807) is 25.7 Å². The molecule has 1 heterocycles. The molecule has 1 N–H and O–H groups in total. The van der Waals surface area contributed by atoms with Crippen LogP contribution in [0, 0.1) is 0 Å². The first-order valence-electron chi connectivity index (χ1n) is 9.83. The smallest absolute Gasteiger partial charge is 0.408 e. The lowest BCUT2D eigenvalue weighted by Crippen LogP contribution is -2.48. The molecule has 6 heteroatoms. The van der Waals surface area contributed by atoms with Crippen molar-refractivity contribution in [1.82, 2.24) is 10.2 Å². The predicted molar refractivity (Wildman–Crippen MR) is 110 cm³/mol. The van der Waals surface area contributed by atoms with Crippen molar-refractivity contribution >= 4 is 12.0 Å². The van der Waals surface area contributed by atoms with Gasteiger partial charge in [-0.3, -0.25) is 4.79 Å². The number of ether oxygens (including phenoxy) is 2. The zero-order chi connectivity index (χ0) is 20.9. The molecule has 1 aliphatic rings. The summed E-state index contributed by atoms with van der Waals surface area (Å²) in [6.45, 7) is 6.72. The van der Waals surface area contributed by atoms with E-state index in [-0.39, 0.29) is 12.0 Å². The second-order valence-corrected chi connectivity index (χ2v) is 8.04. The van der Waals surface area contributed by atoms with E-state index >= 15 is 0 Å². The second-order valence-electron chi connectivity index (χ2n) is 8.04. The number of benzene rings is 2. The third kappa shape index (κ3) is 5.81. The fourth-order valence-electron chi connectivity index (χ4n) is 3.26. The number of carbonyl (C=O) groups is 2. The minimum Gasteiger partial charge on any atom is -0.444 e. The SMILES string of the molecule is CC(C)(C)OC(=O)NC(C(=O)N1CCOC(c2ccccc2)C1)c1ccccc1. The second kappa shape index (κ2) is 9.09. The normalized spacial score (nSPS) is 18.0. The van der Waals surface area contributed by atoms with Crippen LogP contribution < -0.4 is 5.32 Å². The van der Waals surface area contributed by atoms with Crippen molar-refractivity contribution in [3.8, 4) is 0 Å². The summed E-state index contributed by atoms with van der Waals surface area (Å²) < 4.78 is 11.2. The van der Waals surface area contributed by atoms with E-state index in [2.05, 4.69) is 5.32 Å². The lowest BCUT2D eigenvalue weighted by atomic mass is 10.0. The summed E-state index contributed by atoms with van der Waals surface area (Å²) in [5.74, 6) is -0.175. The fraction of sp³-hybridized carbons (Fsp3) is 0.391. The molecule has 2 aromatic rings. The Morgan fingerprint density at radius 1 is 1.07 bits per heavy atom. The highest BCUT2D eigenvalue weighted by Gasteiger charge is 2.33. The van der Waals surface area contributed by atoms with Crippen molar-refractivity contribution in [3.63, 3.8) is 0 Å². The molecule has 2 amide bonds. The standard InChI is InChI=1S/C23H28N2O4/c1-23(2,3)29-22(27)24-20(18-12-8-5-9-13-18)21(26)25-14-15-28-19(16-25)17-10-6-4-7-11-17/h4-13,19-20H,14-16H2,1-3H3,(H,24,27). The van der Waals surface area contributed by atoms with Crippen LogP contribution in [0.5, 0.6) is 0 Å². The van der Waals surface area contributed by atoms with Crippen LogP contribution in [0.1, 0.15) is 44.0 Å². The van der Waals surface area contributed by atoms with Crippen LogP contribution in [0.4, 0.5) is 4.79 Å². The molecule has 0 bridgehead atoms. The molecule has 2 atom stereocenters. The minimum atomic E-state index is -0.819. The lowest BCUT2D eigenvalue weighted by Gasteiger charge is -2.35. The van der Waals surface area contributed by atoms with Crippen LogP contribution in [-0.2, 0) is 14.3 Å². The van der Waals surface area contributed by atoms with Crippen molar-refractivity contribution in [1.29, 1.82) is 0 Å². The number of nitrogens with zero attached hydrogens (tertiary/aromatic N) is 1. The summed E-state index contributed by atoms with van der Waals surface area (Å²) >= 11 is 0. The Bertz CT molecular complexity index is 818. The van der Waals surface area contributed by atoms with Gasteiger partial charge in [0.05, 0.1) is 13.2 Å². The zero-order valence-corrected chi connectivity index (χ0v) is 17.1. The molecule has 0 saturated carbocycles. The number of rotatable bonds is 4. The number of amides is 2. The predicted octanol–water partition coefficient (Wildman–Crippen LogP) is 3.85. The third-order valence-corrected chi connectivity index (χ3v) is 4.59. The molecule has 1 aliphatic heterocycles. The van der Waals surface area contributed by atoms with Crippen molar-refractivity contribution < 1.29 is 19.1 Å². The van der Waals surface area contributed by atoms with Gasteiger partial charge in [-0.05, 0) is 31.9 Å². The summed E-state index contributed by atoms with van der Waals surface area (Å²) in [6.07, 6.45) is -0.806. The van der Waals surface area contributed by atoms with Gasteiger partial charge in [-0.25, -0.2) is 4.79 Å². The van der Waals surface area contributed by atoms with Gasteiger partial charge < -0.3 is 19.7 Å². The van der Waals surface area contributed by atoms with Crippen molar-refractivity contribution in [2.45, 2.75) is 38.5 Å². The summed E-state index contributed by atoms with van der Waals surface area (Å²) in [5.41, 5.74) is 1.10. The van der Waals surface area contributed by atoms with Crippen molar-refractivity contribution in [2.75, 3.05) is 19.7 Å². The van der Waals surface area contributed by atoms with Gasteiger partial charge in [0.15, 0.2) is 0 Å². The topological polar surface area (TPSA) is 67.9 Å². The largest absolute Gasteiger partial charge is 0.444 e. The van der Waals surface area contributed by atoms with Gasteiger partial charge in [0, 0.05) is 6.54 Å². The number of nitrogens with one attached hydrogen (secondary N) is 1. The van der Waals surface area contributed by atoms with E-state index in [1.807, 2.05) is 60.7 Å². The van der Waals surface area contributed by atoms with Crippen LogP contribution >= 0.6 is 0 Å². The van der Waals surface area contributed by atoms with E-state index in [0.29, 0.717) is 25.3 Å². The van der Waals surface area contributed by atoms with E-state index < -0.39 is 17.7 Å². The van der Waals surface area contributed by atoms with Gasteiger partial charge in [0.2, 0.25) is 5.91 Å². The van der Waals surface area contributed by atoms with Gasteiger partial charge in [0.1, 0.15) is 17.7 Å². The highest BCUT2D eigenvalue weighted by molar-refractivity contribution is 5.87. The molecule has 0 aromatic heterocycles. The Balaban J connectivity index is 1.78. The summed E-state index contributed by atoms with van der Waals surface area (Å²) in [5, 5.41) is 2.75. The van der Waals surface area contributed by atoms with Gasteiger partial charge in [-0.15, -0.1) is 0 Å². The van der Waals surface area contributed by atoms with Gasteiger partial charge in [-0.2, -0.15) is 0 Å². The number of morpholine rings is 1. The molecule has 2 unspecified atom stereocenters. The van der Waals surface area contributed by atoms with E-state index in [9.17, 15) is 9.59 Å². The third-order valence-electron chi connectivity index (χ3n) is 4.59. The Hall–Kier alpha value is -2.86. The average Bonchev–Trinajstić information content (AvgIpc) is 2.72. The maximum atomic E-state index is 13.4. The Morgan fingerprint density at radius 2 is 1.69 bits per heavy atom. The quantitative estimate of drug-likeness (QED) is 0.852. The minimum absolute atomic E-state index is 0.175. The van der Waals surface area contributed by atoms with Crippen LogP contribution in [0.2, 0.25) is 0 Å². The average molecular weight is 396 g/mol. The van der Waals surface area contributed by atoms with Gasteiger partial charge in [0.25, 0.3) is 0 Å². The van der Waals surface area contributed by atoms with Gasteiger partial charge in [-0.1, -0.05) is 60.7 Å². The highest BCUT2D eigenvalue weighted by Crippen LogP contribution is 2.25. The van der Waals surface area contributed by atoms with Gasteiger partial charge >= 0.3 is 6.09 Å². The van der Waals surface area contributed by atoms with E-state index in [1.165, 1.54) is 0 Å². The highest BCUT2D eigenvalue weighted by atomic mass is 16.6. The summed E-state index contributed by atoms with van der Waals surface area (Å²) in [4.78, 5) is 27.5. The monoisotopic (exact) mass is 396 g/mol. The van der Waals surface area contributed by atoms with Crippen molar-refractivity contribution in [3.05, 3.63) is 71.8 Å². The molecule has 29 heavy (non-hydrogen) atoms. The van der Waals surface area contributed by atoms with E-state index in [0.717, 1.165) is 5.56 Å². The number of carbonyl (C=O) groups excluding carboxylic acids is 2. The van der Waals surface area contributed by atoms with Crippen molar-refractivity contribution in [2.24, 2.45) is 0 Å². The van der Waals surface area contributed by atoms with Crippen LogP contribution in [0.15, 0.2) is 60.7 Å². The first kappa shape index (κ1) is 20.9. The molecule has 2 aromatic carbocycles. The Labute approximate surface area is 171 Å². The molecule has 154 valence electrons. The Morgan fingerprint density at radius 3 is 2.31 bits per heavy atom. The van der Waals surface area contributed by atoms with E-state index in [4.69, 9.17) is 9.47 Å². The number of alkyl carbamates (subject to hydrolysis) is 1. The fourth-order valence-corrected chi connectivity index (χ4v) is 3.26. The van der Waals surface area contributed by atoms with Crippen LogP contribution in [0.3, 0.4) is 0 Å². The summed E-state index contributed by atoms with van der Waals surface area (Å²) in [6, 6.07) is 18.2. The first-order valence-corrected chi connectivity index (χ1v) is 9.83. The summed E-state index contributed by atoms with van der Waals surface area (Å²) in [7, 11) is 0. The molecule has 0 aliphatic carbocycles.